The summed E-state index contributed by atoms with van der Waals surface area (Å²) in [5, 5.41) is 15.6. The molecule has 0 aromatic heterocycles. The van der Waals surface area contributed by atoms with Gasteiger partial charge < -0.3 is 25.2 Å². The molecule has 0 saturated carbocycles. The Morgan fingerprint density at radius 3 is 2.45 bits per heavy atom. The van der Waals surface area contributed by atoms with Gasteiger partial charge in [-0.05, 0) is 49.3 Å². The number of rotatable bonds is 8. The second kappa shape index (κ2) is 9.93. The van der Waals surface area contributed by atoms with E-state index < -0.39 is 18.6 Å². The van der Waals surface area contributed by atoms with Gasteiger partial charge in [0.05, 0.1) is 18.3 Å². The van der Waals surface area contributed by atoms with Crippen LogP contribution in [0.3, 0.4) is 0 Å². The summed E-state index contributed by atoms with van der Waals surface area (Å²) < 4.78 is 11.7. The average Bonchev–Trinajstić information content (AvgIpc) is 2.73. The van der Waals surface area contributed by atoms with Crippen LogP contribution in [0.25, 0.3) is 5.70 Å². The topological polar surface area (TPSA) is 96.9 Å². The Balaban J connectivity index is 2.14. The van der Waals surface area contributed by atoms with E-state index >= 15 is 0 Å². The second-order valence-electron chi connectivity index (χ2n) is 6.68. The minimum atomic E-state index is -1.10. The van der Waals surface area contributed by atoms with Crippen LogP contribution in [0.2, 0.25) is 0 Å². The number of thiocarbonyl (C=S) groups is 1. The Labute approximate surface area is 193 Å². The van der Waals surface area contributed by atoms with Gasteiger partial charge in [-0.1, -0.05) is 46.3 Å². The van der Waals surface area contributed by atoms with Crippen LogP contribution in [-0.2, 0) is 9.59 Å². The van der Waals surface area contributed by atoms with Crippen LogP contribution in [0.5, 0.6) is 11.5 Å². The van der Waals surface area contributed by atoms with E-state index in [4.69, 9.17) is 26.8 Å². The molecule has 1 heterocycles. The molecular formula is C22H21BrN2O5S. The average molecular weight is 505 g/mol. The van der Waals surface area contributed by atoms with E-state index in [2.05, 4.69) is 26.6 Å². The van der Waals surface area contributed by atoms with Crippen molar-refractivity contribution >= 4 is 50.7 Å². The molecule has 2 aromatic carbocycles. The first-order valence-corrected chi connectivity index (χ1v) is 10.7. The van der Waals surface area contributed by atoms with Crippen LogP contribution < -0.4 is 20.1 Å². The molecule has 31 heavy (non-hydrogen) atoms. The minimum Gasteiger partial charge on any atom is -0.490 e. The van der Waals surface area contributed by atoms with Gasteiger partial charge in [0, 0.05) is 10.0 Å². The lowest BCUT2D eigenvalue weighted by Crippen LogP contribution is -2.44. The lowest BCUT2D eigenvalue weighted by Gasteiger charge is -2.32. The molecule has 162 valence electrons. The molecule has 0 bridgehead atoms. The number of carbonyl (C=O) groups excluding carboxylic acids is 1. The third kappa shape index (κ3) is 5.23. The molecule has 3 rings (SSSR count). The van der Waals surface area contributed by atoms with E-state index in [0.717, 1.165) is 5.56 Å². The third-order valence-corrected chi connectivity index (χ3v) is 5.45. The Kier molecular flexibility index (Phi) is 7.29. The third-order valence-electron chi connectivity index (χ3n) is 4.54. The summed E-state index contributed by atoms with van der Waals surface area (Å²) in [6, 6.07) is 12.3. The number of hydrogen-bond acceptors (Lipinski definition) is 5. The zero-order chi connectivity index (χ0) is 22.5. The van der Waals surface area contributed by atoms with Gasteiger partial charge in [-0.25, -0.2) is 4.79 Å². The van der Waals surface area contributed by atoms with Crippen molar-refractivity contribution in [3.8, 4) is 11.5 Å². The zero-order valence-electron chi connectivity index (χ0n) is 16.9. The number of carbonyl (C=O) groups is 2. The van der Waals surface area contributed by atoms with E-state index in [9.17, 15) is 9.59 Å². The van der Waals surface area contributed by atoms with Crippen LogP contribution >= 0.6 is 28.1 Å². The van der Waals surface area contributed by atoms with Crippen LogP contribution in [0.4, 0.5) is 0 Å². The Hall–Kier alpha value is -2.91. The predicted octanol–water partition coefficient (Wildman–Crippen LogP) is 3.83. The maximum absolute atomic E-state index is 12.7. The number of ether oxygens (including phenoxy) is 2. The summed E-state index contributed by atoms with van der Waals surface area (Å²) in [4.78, 5) is 23.6. The molecule has 0 aliphatic carbocycles. The van der Waals surface area contributed by atoms with E-state index in [-0.39, 0.29) is 11.5 Å². The van der Waals surface area contributed by atoms with E-state index in [1.807, 2.05) is 37.3 Å². The van der Waals surface area contributed by atoms with Crippen molar-refractivity contribution in [3.63, 3.8) is 0 Å². The normalized spacial score (nSPS) is 15.7. The molecular weight excluding hydrogens is 484 g/mol. The molecule has 1 unspecified atom stereocenters. The van der Waals surface area contributed by atoms with Crippen LogP contribution in [0, 0.1) is 0 Å². The smallest absolute Gasteiger partial charge is 0.341 e. The summed E-state index contributed by atoms with van der Waals surface area (Å²) >= 11 is 8.95. The second-order valence-corrected chi connectivity index (χ2v) is 7.94. The SMILES string of the molecule is CCOc1cc(C2NC(=S)NC(c3ccccc3)=C2C(C)=O)c(Br)cc1OCC(=O)O. The standard InChI is InChI=1S/C22H21BrN2O5S/c1-3-29-16-9-14(15(23)10-17(16)30-11-18(27)28)21-19(12(2)26)20(24-22(31)25-21)13-7-5-4-6-8-13/h4-10,21H,3,11H2,1-2H3,(H,27,28)(H2,24,25,31). The minimum absolute atomic E-state index is 0.123. The highest BCUT2D eigenvalue weighted by atomic mass is 79.9. The molecule has 0 amide bonds. The van der Waals surface area contributed by atoms with Gasteiger partial charge in [-0.3, -0.25) is 4.79 Å². The lowest BCUT2D eigenvalue weighted by molar-refractivity contribution is -0.139. The van der Waals surface area contributed by atoms with Gasteiger partial charge in [0.1, 0.15) is 0 Å². The van der Waals surface area contributed by atoms with Crippen LogP contribution in [0.15, 0.2) is 52.5 Å². The molecule has 7 nitrogen and oxygen atoms in total. The summed E-state index contributed by atoms with van der Waals surface area (Å²) in [5.74, 6) is -0.560. The number of carboxylic acids is 1. The van der Waals surface area contributed by atoms with Gasteiger partial charge >= 0.3 is 5.97 Å². The number of Topliss-reactive ketones (excluding diaryl/α,β-unsaturated/α-hetero) is 1. The zero-order valence-corrected chi connectivity index (χ0v) is 19.3. The highest BCUT2D eigenvalue weighted by Gasteiger charge is 2.32. The fourth-order valence-corrected chi connectivity index (χ4v) is 4.07. The molecule has 9 heteroatoms. The molecule has 0 fully saturated rings. The van der Waals surface area contributed by atoms with Crippen LogP contribution in [-0.4, -0.2) is 35.2 Å². The van der Waals surface area contributed by atoms with Gasteiger partial charge in [0.15, 0.2) is 29.0 Å². The largest absolute Gasteiger partial charge is 0.490 e. The summed E-state index contributed by atoms with van der Waals surface area (Å²) in [5.41, 5.74) is 2.69. The molecule has 1 aliphatic rings. The van der Waals surface area contributed by atoms with Crippen molar-refractivity contribution in [2.45, 2.75) is 19.9 Å². The number of carboxylic acid groups (broad SMARTS) is 1. The summed E-state index contributed by atoms with van der Waals surface area (Å²) in [6.07, 6.45) is 0. The fraction of sp³-hybridized carbons (Fsp3) is 0.227. The van der Waals surface area contributed by atoms with Crippen molar-refractivity contribution in [2.75, 3.05) is 13.2 Å². The first-order valence-electron chi connectivity index (χ1n) is 9.50. The summed E-state index contributed by atoms with van der Waals surface area (Å²) in [7, 11) is 0. The molecule has 1 atom stereocenters. The first kappa shape index (κ1) is 22.8. The monoisotopic (exact) mass is 504 g/mol. The van der Waals surface area contributed by atoms with Crippen molar-refractivity contribution < 1.29 is 24.2 Å². The molecule has 0 spiro atoms. The van der Waals surface area contributed by atoms with Crippen molar-refractivity contribution in [1.82, 2.24) is 10.6 Å². The molecule has 3 N–H and O–H groups in total. The van der Waals surface area contributed by atoms with E-state index in [1.165, 1.54) is 6.92 Å². The fourth-order valence-electron chi connectivity index (χ4n) is 3.30. The maximum Gasteiger partial charge on any atom is 0.341 e. The maximum atomic E-state index is 12.7. The number of benzene rings is 2. The first-order chi connectivity index (χ1) is 14.8. The number of halogens is 1. The molecule has 0 saturated heterocycles. The Morgan fingerprint density at radius 1 is 1.16 bits per heavy atom. The van der Waals surface area contributed by atoms with Crippen molar-refractivity contribution in [2.24, 2.45) is 0 Å². The quantitative estimate of drug-likeness (QED) is 0.466. The number of ketones is 1. The Bertz CT molecular complexity index is 1060. The van der Waals surface area contributed by atoms with Crippen molar-refractivity contribution in [1.29, 1.82) is 0 Å². The molecule has 0 radical (unpaired) electrons. The summed E-state index contributed by atoms with van der Waals surface area (Å²) in [6.45, 7) is 3.17. The van der Waals surface area contributed by atoms with Gasteiger partial charge in [0.25, 0.3) is 0 Å². The van der Waals surface area contributed by atoms with E-state index in [1.54, 1.807) is 12.1 Å². The highest BCUT2D eigenvalue weighted by Crippen LogP contribution is 2.41. The number of nitrogens with one attached hydrogen (secondary N) is 2. The van der Waals surface area contributed by atoms with Gasteiger partial charge in [0.2, 0.25) is 0 Å². The highest BCUT2D eigenvalue weighted by molar-refractivity contribution is 9.10. The van der Waals surface area contributed by atoms with Gasteiger partial charge in [-0.15, -0.1) is 0 Å². The number of hydrogen-bond donors (Lipinski definition) is 3. The number of aliphatic carboxylic acids is 1. The van der Waals surface area contributed by atoms with E-state index in [0.29, 0.717) is 38.8 Å². The molecule has 2 aromatic rings. The van der Waals surface area contributed by atoms with Gasteiger partial charge in [-0.2, -0.15) is 0 Å². The predicted molar refractivity (Wildman–Crippen MR) is 124 cm³/mol. The lowest BCUT2D eigenvalue weighted by atomic mass is 9.90. The van der Waals surface area contributed by atoms with Crippen LogP contribution in [0.1, 0.15) is 31.0 Å². The Morgan fingerprint density at radius 2 is 1.84 bits per heavy atom. The van der Waals surface area contributed by atoms with Crippen molar-refractivity contribution in [3.05, 3.63) is 63.6 Å². The molecule has 1 aliphatic heterocycles.